The summed E-state index contributed by atoms with van der Waals surface area (Å²) in [4.78, 5) is 13.0. The number of Topliss-reactive ketones (excluding diaryl/α,β-unsaturated/α-hetero) is 1. The molecule has 1 aliphatic carbocycles. The fourth-order valence-corrected chi connectivity index (χ4v) is 6.35. The van der Waals surface area contributed by atoms with Gasteiger partial charge in [-0.2, -0.15) is 9.57 Å². The molecule has 5 nitrogen and oxygen atoms in total. The van der Waals surface area contributed by atoms with Gasteiger partial charge in [0.15, 0.2) is 0 Å². The van der Waals surface area contributed by atoms with E-state index < -0.39 is 22.0 Å². The van der Waals surface area contributed by atoms with Crippen LogP contribution in [0, 0.1) is 30.1 Å². The van der Waals surface area contributed by atoms with E-state index in [-0.39, 0.29) is 22.6 Å². The maximum absolute atomic E-state index is 13.3. The Labute approximate surface area is 156 Å². The lowest BCUT2D eigenvalue weighted by Crippen LogP contribution is -2.42. The van der Waals surface area contributed by atoms with E-state index in [1.165, 1.54) is 4.31 Å². The van der Waals surface area contributed by atoms with Gasteiger partial charge in [0, 0.05) is 12.5 Å². The van der Waals surface area contributed by atoms with Crippen LogP contribution in [0.15, 0.2) is 29.2 Å². The minimum atomic E-state index is -3.80. The molecule has 1 heterocycles. The lowest BCUT2D eigenvalue weighted by Gasteiger charge is -2.26. The minimum absolute atomic E-state index is 0.0239. The van der Waals surface area contributed by atoms with Crippen molar-refractivity contribution >= 4 is 15.8 Å². The van der Waals surface area contributed by atoms with Crippen molar-refractivity contribution < 1.29 is 13.2 Å². The molecule has 3 rings (SSSR count). The number of ketones is 1. The van der Waals surface area contributed by atoms with Crippen molar-refractivity contribution in [2.75, 3.05) is 0 Å². The van der Waals surface area contributed by atoms with Gasteiger partial charge in [-0.3, -0.25) is 4.79 Å². The van der Waals surface area contributed by atoms with Crippen LogP contribution >= 0.6 is 0 Å². The summed E-state index contributed by atoms with van der Waals surface area (Å²) in [6.07, 6.45) is 4.59. The predicted molar refractivity (Wildman–Crippen MR) is 98.8 cm³/mol. The van der Waals surface area contributed by atoms with E-state index >= 15 is 0 Å². The molecule has 26 heavy (non-hydrogen) atoms. The smallest absolute Gasteiger partial charge is 0.244 e. The maximum atomic E-state index is 13.3. The Bertz CT molecular complexity index is 810. The number of sulfonamides is 1. The van der Waals surface area contributed by atoms with Gasteiger partial charge in [-0.05, 0) is 44.2 Å². The monoisotopic (exact) mass is 374 g/mol. The summed E-state index contributed by atoms with van der Waals surface area (Å²) in [5, 5.41) is 9.78. The average Bonchev–Trinajstić information content (AvgIpc) is 3.19. The Morgan fingerprint density at radius 1 is 1.27 bits per heavy atom. The normalized spacial score (nSPS) is 28.7. The third-order valence-electron chi connectivity index (χ3n) is 5.81. The Balaban J connectivity index is 1.99. The second kappa shape index (κ2) is 7.50. The SMILES string of the molecule is CCCCC(=O)[C@@H]1[C@H]2CCC[C@H]2N(S(=O)(=O)c2ccc(C)cc2)[C@H]1C#N. The van der Waals surface area contributed by atoms with Crippen LogP contribution in [0.1, 0.15) is 51.0 Å². The summed E-state index contributed by atoms with van der Waals surface area (Å²) in [5.74, 6) is -0.458. The van der Waals surface area contributed by atoms with Crippen molar-refractivity contribution in [2.24, 2.45) is 11.8 Å². The predicted octanol–water partition coefficient (Wildman–Crippen LogP) is 3.44. The molecule has 140 valence electrons. The van der Waals surface area contributed by atoms with Crippen molar-refractivity contribution in [2.45, 2.75) is 69.4 Å². The lowest BCUT2D eigenvalue weighted by atomic mass is 9.83. The van der Waals surface area contributed by atoms with Crippen LogP contribution in [-0.4, -0.2) is 30.6 Å². The van der Waals surface area contributed by atoms with Crippen molar-refractivity contribution in [3.63, 3.8) is 0 Å². The van der Waals surface area contributed by atoms with Gasteiger partial charge in [0.25, 0.3) is 0 Å². The molecule has 1 aromatic rings. The summed E-state index contributed by atoms with van der Waals surface area (Å²) in [6, 6.07) is 7.75. The van der Waals surface area contributed by atoms with Crippen molar-refractivity contribution in [3.8, 4) is 6.07 Å². The van der Waals surface area contributed by atoms with E-state index in [4.69, 9.17) is 0 Å². The third-order valence-corrected chi connectivity index (χ3v) is 7.73. The highest BCUT2D eigenvalue weighted by Crippen LogP contribution is 2.48. The second-order valence-electron chi connectivity index (χ2n) is 7.48. The van der Waals surface area contributed by atoms with Crippen LogP contribution < -0.4 is 0 Å². The first-order valence-electron chi connectivity index (χ1n) is 9.44. The van der Waals surface area contributed by atoms with Gasteiger partial charge in [-0.1, -0.05) is 37.5 Å². The van der Waals surface area contributed by atoms with Crippen molar-refractivity contribution in [1.29, 1.82) is 5.26 Å². The molecule has 1 aliphatic heterocycles. The van der Waals surface area contributed by atoms with Crippen LogP contribution in [0.4, 0.5) is 0 Å². The van der Waals surface area contributed by atoms with Gasteiger partial charge in [-0.25, -0.2) is 8.42 Å². The number of fused-ring (bicyclic) bond motifs is 1. The Kier molecular flexibility index (Phi) is 5.50. The Morgan fingerprint density at radius 2 is 1.96 bits per heavy atom. The molecule has 0 radical (unpaired) electrons. The third kappa shape index (κ3) is 3.19. The van der Waals surface area contributed by atoms with E-state index in [1.807, 2.05) is 13.8 Å². The van der Waals surface area contributed by atoms with E-state index in [1.54, 1.807) is 24.3 Å². The van der Waals surface area contributed by atoms with E-state index in [0.29, 0.717) is 6.42 Å². The number of carbonyl (C=O) groups is 1. The largest absolute Gasteiger partial charge is 0.299 e. The van der Waals surface area contributed by atoms with E-state index in [2.05, 4.69) is 6.07 Å². The number of nitrogens with zero attached hydrogens (tertiary/aromatic N) is 2. The highest BCUT2D eigenvalue weighted by atomic mass is 32.2. The minimum Gasteiger partial charge on any atom is -0.299 e. The average molecular weight is 375 g/mol. The molecule has 4 atom stereocenters. The summed E-state index contributed by atoms with van der Waals surface area (Å²) < 4.78 is 28.0. The summed E-state index contributed by atoms with van der Waals surface area (Å²) in [6.45, 7) is 3.93. The first-order valence-corrected chi connectivity index (χ1v) is 10.9. The molecule has 1 saturated heterocycles. The first kappa shape index (κ1) is 19.1. The van der Waals surface area contributed by atoms with Gasteiger partial charge in [0.2, 0.25) is 10.0 Å². The molecule has 2 aliphatic rings. The number of rotatable bonds is 6. The molecule has 0 aromatic heterocycles. The lowest BCUT2D eigenvalue weighted by molar-refractivity contribution is -0.124. The van der Waals surface area contributed by atoms with E-state index in [9.17, 15) is 18.5 Å². The van der Waals surface area contributed by atoms with Crippen LogP contribution in [0.2, 0.25) is 0 Å². The number of hydrogen-bond acceptors (Lipinski definition) is 4. The number of aryl methyl sites for hydroxylation is 1. The first-order chi connectivity index (χ1) is 12.4. The standard InChI is InChI=1S/C20H26N2O3S/c1-3-4-8-19(23)20-16-6-5-7-17(16)22(18(20)13-21)26(24,25)15-11-9-14(2)10-12-15/h9-12,16-18,20H,3-8H2,1-2H3/t16-,17+,18-,20+/m0/s1. The zero-order valence-corrected chi connectivity index (χ0v) is 16.2. The molecule has 1 aromatic carbocycles. The van der Waals surface area contributed by atoms with Gasteiger partial charge >= 0.3 is 0 Å². The zero-order valence-electron chi connectivity index (χ0n) is 15.4. The highest BCUT2D eigenvalue weighted by molar-refractivity contribution is 7.89. The number of carbonyl (C=O) groups excluding carboxylic acids is 1. The van der Waals surface area contributed by atoms with Crippen LogP contribution in [0.5, 0.6) is 0 Å². The van der Waals surface area contributed by atoms with Gasteiger partial charge in [0.1, 0.15) is 11.8 Å². The Hall–Kier alpha value is -1.71. The number of hydrogen-bond donors (Lipinski definition) is 0. The summed E-state index contributed by atoms with van der Waals surface area (Å²) in [5.41, 5.74) is 0.980. The van der Waals surface area contributed by atoms with Crippen LogP contribution in [0.3, 0.4) is 0 Å². The Morgan fingerprint density at radius 3 is 2.58 bits per heavy atom. The van der Waals surface area contributed by atoms with Crippen LogP contribution in [-0.2, 0) is 14.8 Å². The second-order valence-corrected chi connectivity index (χ2v) is 9.32. The number of unbranched alkanes of at least 4 members (excludes halogenated alkanes) is 1. The molecule has 1 saturated carbocycles. The van der Waals surface area contributed by atoms with Crippen molar-refractivity contribution in [3.05, 3.63) is 29.8 Å². The molecule has 6 heteroatoms. The number of benzene rings is 1. The quantitative estimate of drug-likeness (QED) is 0.764. The molecular weight excluding hydrogens is 348 g/mol. The van der Waals surface area contributed by atoms with E-state index in [0.717, 1.165) is 37.7 Å². The molecule has 0 spiro atoms. The fourth-order valence-electron chi connectivity index (χ4n) is 4.53. The number of nitriles is 1. The summed E-state index contributed by atoms with van der Waals surface area (Å²) in [7, 11) is -3.80. The zero-order chi connectivity index (χ0) is 18.9. The van der Waals surface area contributed by atoms with Gasteiger partial charge in [-0.15, -0.1) is 0 Å². The van der Waals surface area contributed by atoms with Crippen LogP contribution in [0.25, 0.3) is 0 Å². The highest BCUT2D eigenvalue weighted by Gasteiger charge is 2.57. The molecular formula is C20H26N2O3S. The molecule has 0 unspecified atom stereocenters. The molecule has 0 N–H and O–H groups in total. The molecule has 0 amide bonds. The molecule has 0 bridgehead atoms. The molecule has 2 fully saturated rings. The van der Waals surface area contributed by atoms with Crippen molar-refractivity contribution in [1.82, 2.24) is 4.31 Å². The maximum Gasteiger partial charge on any atom is 0.244 e. The van der Waals surface area contributed by atoms with Gasteiger partial charge in [0.05, 0.1) is 16.9 Å². The topological polar surface area (TPSA) is 78.2 Å². The summed E-state index contributed by atoms with van der Waals surface area (Å²) >= 11 is 0. The van der Waals surface area contributed by atoms with Gasteiger partial charge < -0.3 is 0 Å². The fraction of sp³-hybridized carbons (Fsp3) is 0.600.